The highest BCUT2D eigenvalue weighted by Gasteiger charge is 2.49. The smallest absolute Gasteiger partial charge is 0.475 e. The zero-order valence-corrected chi connectivity index (χ0v) is 31.1. The second kappa shape index (κ2) is 15.6. The van der Waals surface area contributed by atoms with Gasteiger partial charge >= 0.3 is 12.1 Å². The van der Waals surface area contributed by atoms with Crippen LogP contribution in [-0.4, -0.2) is 64.0 Å². The fourth-order valence-electron chi connectivity index (χ4n) is 11.2. The molecule has 54 heavy (non-hydrogen) atoms. The van der Waals surface area contributed by atoms with E-state index in [1.165, 1.54) is 77.3 Å². The zero-order valence-electron chi connectivity index (χ0n) is 31.1. The average Bonchev–Trinajstić information content (AvgIpc) is 3.43. The molecule has 292 valence electrons. The number of amides is 2. The number of carboxylic acid groups (broad SMARTS) is 1. The Labute approximate surface area is 316 Å². The van der Waals surface area contributed by atoms with Crippen LogP contribution in [0.2, 0.25) is 0 Å². The van der Waals surface area contributed by atoms with Gasteiger partial charge < -0.3 is 15.7 Å². The van der Waals surface area contributed by atoms with Gasteiger partial charge in [-0.3, -0.25) is 19.4 Å². The van der Waals surface area contributed by atoms with Gasteiger partial charge in [-0.1, -0.05) is 48.5 Å². The summed E-state index contributed by atoms with van der Waals surface area (Å²) in [5, 5.41) is 13.8. The quantitative estimate of drug-likeness (QED) is 0.227. The van der Waals surface area contributed by atoms with Crippen LogP contribution in [-0.2, 0) is 14.4 Å². The van der Waals surface area contributed by atoms with E-state index in [9.17, 15) is 22.8 Å². The van der Waals surface area contributed by atoms with Crippen LogP contribution < -0.4 is 10.6 Å². The van der Waals surface area contributed by atoms with E-state index in [1.54, 1.807) is 22.3 Å². The highest BCUT2D eigenvalue weighted by atomic mass is 19.4. The molecule has 2 amide bonds. The molecule has 4 aliphatic heterocycles. The molecular formula is C43H55F3N4O4. The number of alkyl halides is 3. The molecule has 8 nitrogen and oxygen atoms in total. The summed E-state index contributed by atoms with van der Waals surface area (Å²) in [5.74, 6) is -1.19. The van der Waals surface area contributed by atoms with Crippen LogP contribution in [0.3, 0.4) is 0 Å². The molecule has 9 rings (SSSR count). The minimum absolute atomic E-state index is 0.115. The van der Waals surface area contributed by atoms with Crippen molar-refractivity contribution < 1.29 is 32.7 Å². The van der Waals surface area contributed by atoms with Crippen LogP contribution in [0.5, 0.6) is 0 Å². The zero-order chi connectivity index (χ0) is 37.6. The van der Waals surface area contributed by atoms with Gasteiger partial charge in [0.15, 0.2) is 0 Å². The van der Waals surface area contributed by atoms with Gasteiger partial charge in [-0.15, -0.1) is 0 Å². The minimum atomic E-state index is -5.08. The Balaban J connectivity index is 0.000000541. The Morgan fingerprint density at radius 1 is 0.574 bits per heavy atom. The molecule has 0 aromatic heterocycles. The maximum atomic E-state index is 13.1. The van der Waals surface area contributed by atoms with Crippen LogP contribution >= 0.6 is 0 Å². The van der Waals surface area contributed by atoms with Gasteiger partial charge in [0.1, 0.15) is 0 Å². The van der Waals surface area contributed by atoms with Gasteiger partial charge in [0.05, 0.1) is 11.8 Å². The van der Waals surface area contributed by atoms with Crippen LogP contribution in [0.25, 0.3) is 0 Å². The lowest BCUT2D eigenvalue weighted by atomic mass is 9.83. The number of rotatable bonds is 10. The summed E-state index contributed by atoms with van der Waals surface area (Å²) in [7, 11) is 0. The molecule has 2 saturated heterocycles. The molecule has 3 saturated carbocycles. The van der Waals surface area contributed by atoms with Crippen LogP contribution in [0, 0.1) is 23.7 Å². The van der Waals surface area contributed by atoms with Crippen molar-refractivity contribution in [3.63, 3.8) is 0 Å². The first-order valence-electron chi connectivity index (χ1n) is 20.6. The fraction of sp³-hybridized carbons (Fsp3) is 0.651. The Morgan fingerprint density at radius 3 is 1.19 bits per heavy atom. The normalized spacial score (nSPS) is 33.7. The SMILES string of the molecule is O=C(N[C@H]1CC[C@H](CCN2[C@@H]3CC[C@H]2c2ccccc23)CC1)C1CC1C(=O)N[C@H]1CC[C@H](CCN2[C@@H]3CC[C@H]2c2ccccc23)CC1.O=C(O)C(F)(F)F. The van der Waals surface area contributed by atoms with E-state index < -0.39 is 12.1 Å². The molecule has 0 spiro atoms. The van der Waals surface area contributed by atoms with Crippen molar-refractivity contribution in [3.05, 3.63) is 70.8 Å². The van der Waals surface area contributed by atoms with Gasteiger partial charge in [0.25, 0.3) is 0 Å². The Hall–Kier alpha value is -3.44. The Kier molecular flexibility index (Phi) is 10.8. The summed E-state index contributed by atoms with van der Waals surface area (Å²) in [5.41, 5.74) is 6.32. The van der Waals surface area contributed by atoms with E-state index in [4.69, 9.17) is 9.90 Å². The Bertz CT molecular complexity index is 1510. The lowest BCUT2D eigenvalue weighted by Gasteiger charge is -2.31. The van der Waals surface area contributed by atoms with Gasteiger partial charge in [0.2, 0.25) is 11.8 Å². The Morgan fingerprint density at radius 2 is 0.889 bits per heavy atom. The number of nitrogens with zero attached hydrogens (tertiary/aromatic N) is 2. The number of hydrogen-bond donors (Lipinski definition) is 3. The highest BCUT2D eigenvalue weighted by molar-refractivity contribution is 5.92. The standard InChI is InChI=1S/C41H54N4O2.C2HF3O2/c46-40(42-28-13-9-26(10-14-28)21-23-44-36-17-18-37(44)31-6-2-1-5-30(31)36)34-25-35(34)41(47)43-29-15-11-27(12-16-29)22-24-45-38-19-20-39(45)33-8-4-3-7-32(33)38;3-2(4,5)1(6)7/h1-8,26-29,34-39H,9-25H2,(H,42,46)(H,43,47);(H,6,7)/t26-,27-,28-,29-,34?,35?,36-,37+,38-,39+;. The lowest BCUT2D eigenvalue weighted by Crippen LogP contribution is -2.41. The number of nitrogens with one attached hydrogen (secondary N) is 2. The van der Waals surface area contributed by atoms with E-state index in [0.29, 0.717) is 24.2 Å². The number of fused-ring (bicyclic) bond motifs is 10. The first kappa shape index (κ1) is 37.5. The third kappa shape index (κ3) is 7.81. The monoisotopic (exact) mass is 748 g/mol. The third-order valence-corrected chi connectivity index (χ3v) is 14.1. The molecule has 4 bridgehead atoms. The summed E-state index contributed by atoms with van der Waals surface area (Å²) >= 11 is 0. The van der Waals surface area contributed by atoms with Gasteiger partial charge in [-0.05, 0) is 143 Å². The van der Waals surface area contributed by atoms with Gasteiger partial charge in [-0.2, -0.15) is 13.2 Å². The van der Waals surface area contributed by atoms with Gasteiger partial charge in [-0.25, -0.2) is 4.79 Å². The van der Waals surface area contributed by atoms with Crippen molar-refractivity contribution in [2.75, 3.05) is 13.1 Å². The summed E-state index contributed by atoms with van der Waals surface area (Å²) < 4.78 is 31.7. The molecule has 6 atom stereocenters. The molecule has 2 aromatic rings. The minimum Gasteiger partial charge on any atom is -0.475 e. The number of aliphatic carboxylic acids is 1. The van der Waals surface area contributed by atoms with Crippen molar-refractivity contribution in [2.45, 2.75) is 139 Å². The molecule has 7 aliphatic rings. The third-order valence-electron chi connectivity index (χ3n) is 14.1. The number of benzene rings is 2. The summed E-state index contributed by atoms with van der Waals surface area (Å²) in [6, 6.07) is 21.3. The van der Waals surface area contributed by atoms with Crippen molar-refractivity contribution >= 4 is 17.8 Å². The number of carbonyl (C=O) groups is 3. The molecule has 11 heteroatoms. The van der Waals surface area contributed by atoms with Crippen molar-refractivity contribution in [2.24, 2.45) is 23.7 Å². The van der Waals surface area contributed by atoms with E-state index in [1.807, 2.05) is 0 Å². The molecule has 2 unspecified atom stereocenters. The van der Waals surface area contributed by atoms with E-state index in [2.05, 4.69) is 69.0 Å². The predicted octanol–water partition coefficient (Wildman–Crippen LogP) is 8.17. The summed E-state index contributed by atoms with van der Waals surface area (Å²) in [6.45, 7) is 2.42. The number of carboxylic acids is 1. The van der Waals surface area contributed by atoms with E-state index in [0.717, 1.165) is 43.9 Å². The maximum Gasteiger partial charge on any atom is 0.490 e. The van der Waals surface area contributed by atoms with Crippen molar-refractivity contribution in [3.8, 4) is 0 Å². The highest BCUT2D eigenvalue weighted by Crippen LogP contribution is 2.54. The second-order valence-electron chi connectivity index (χ2n) is 17.2. The van der Waals surface area contributed by atoms with Crippen molar-refractivity contribution in [1.29, 1.82) is 0 Å². The number of hydrogen-bond acceptors (Lipinski definition) is 5. The fourth-order valence-corrected chi connectivity index (χ4v) is 11.2. The summed E-state index contributed by atoms with van der Waals surface area (Å²) in [4.78, 5) is 40.6. The van der Waals surface area contributed by atoms with Crippen LogP contribution in [0.4, 0.5) is 13.2 Å². The molecule has 2 aromatic carbocycles. The van der Waals surface area contributed by atoms with Crippen LogP contribution in [0.15, 0.2) is 48.5 Å². The van der Waals surface area contributed by atoms with E-state index in [-0.39, 0.29) is 35.7 Å². The summed E-state index contributed by atoms with van der Waals surface area (Å²) in [6.07, 6.45) is 12.7. The molecular weight excluding hydrogens is 693 g/mol. The second-order valence-corrected chi connectivity index (χ2v) is 17.2. The predicted molar refractivity (Wildman–Crippen MR) is 198 cm³/mol. The maximum absolute atomic E-state index is 13.1. The first-order chi connectivity index (χ1) is 26.0. The van der Waals surface area contributed by atoms with Crippen LogP contribution in [0.1, 0.15) is 143 Å². The average molecular weight is 749 g/mol. The lowest BCUT2D eigenvalue weighted by molar-refractivity contribution is -0.192. The first-order valence-corrected chi connectivity index (χ1v) is 20.6. The number of halogens is 3. The molecule has 0 radical (unpaired) electrons. The van der Waals surface area contributed by atoms with Crippen molar-refractivity contribution in [1.82, 2.24) is 20.4 Å². The molecule has 4 heterocycles. The topological polar surface area (TPSA) is 102 Å². The van der Waals surface area contributed by atoms with Gasteiger partial charge in [0, 0.05) is 36.3 Å². The largest absolute Gasteiger partial charge is 0.490 e. The number of carbonyl (C=O) groups excluding carboxylic acids is 2. The van der Waals surface area contributed by atoms with E-state index >= 15 is 0 Å². The molecule has 5 fully saturated rings. The molecule has 3 N–H and O–H groups in total. The molecule has 3 aliphatic carbocycles.